The first kappa shape index (κ1) is 18.0. The van der Waals surface area contributed by atoms with Gasteiger partial charge in [-0.05, 0) is 36.4 Å². The average Bonchev–Trinajstić information content (AvgIpc) is 2.66. The van der Waals surface area contributed by atoms with Crippen LogP contribution in [-0.4, -0.2) is 40.8 Å². The fourth-order valence-electron chi connectivity index (χ4n) is 2.83. The molecule has 0 radical (unpaired) electrons. The Morgan fingerprint density at radius 3 is 2.62 bits per heavy atom. The van der Waals surface area contributed by atoms with Gasteiger partial charge in [-0.3, -0.25) is 4.79 Å². The topological polar surface area (TPSA) is 72.9 Å². The average molecular weight is 373 g/mol. The van der Waals surface area contributed by atoms with Gasteiger partial charge >= 0.3 is 0 Å². The van der Waals surface area contributed by atoms with Crippen LogP contribution in [0.5, 0.6) is 11.5 Å². The highest BCUT2D eigenvalue weighted by molar-refractivity contribution is 7.91. The molecule has 7 heteroatoms. The number of benzene rings is 2. The molecule has 0 unspecified atom stereocenters. The summed E-state index contributed by atoms with van der Waals surface area (Å²) in [6.45, 7) is 0.123. The summed E-state index contributed by atoms with van der Waals surface area (Å²) >= 11 is 0. The maximum Gasteiger partial charge on any atom is 0.251 e. The van der Waals surface area contributed by atoms with Crippen LogP contribution in [0.25, 0.3) is 6.08 Å². The molecule has 0 bridgehead atoms. The lowest BCUT2D eigenvalue weighted by Crippen LogP contribution is -2.38. The minimum absolute atomic E-state index is 0.0912. The summed E-state index contributed by atoms with van der Waals surface area (Å²) < 4.78 is 34.9. The highest BCUT2D eigenvalue weighted by Crippen LogP contribution is 2.31. The normalized spacial score (nSPS) is 15.5. The van der Waals surface area contributed by atoms with Gasteiger partial charge in [-0.2, -0.15) is 0 Å². The Bertz CT molecular complexity index is 966. The van der Waals surface area contributed by atoms with Crippen molar-refractivity contribution in [2.24, 2.45) is 0 Å². The largest absolute Gasteiger partial charge is 0.497 e. The van der Waals surface area contributed by atoms with Crippen LogP contribution in [0, 0.1) is 0 Å². The zero-order valence-electron chi connectivity index (χ0n) is 14.5. The van der Waals surface area contributed by atoms with Gasteiger partial charge in [-0.1, -0.05) is 12.1 Å². The lowest BCUT2D eigenvalue weighted by molar-refractivity contribution is -0.114. The van der Waals surface area contributed by atoms with Gasteiger partial charge in [0, 0.05) is 18.2 Å². The van der Waals surface area contributed by atoms with E-state index in [2.05, 4.69) is 0 Å². The zero-order valence-corrected chi connectivity index (χ0v) is 15.3. The molecule has 1 aliphatic rings. The van der Waals surface area contributed by atoms with E-state index in [1.807, 2.05) is 0 Å². The van der Waals surface area contributed by atoms with E-state index in [1.54, 1.807) is 56.7 Å². The molecule has 0 aliphatic carbocycles. The smallest absolute Gasteiger partial charge is 0.251 e. The molecule has 6 nitrogen and oxygen atoms in total. The van der Waals surface area contributed by atoms with Crippen LogP contribution >= 0.6 is 0 Å². The number of hydrogen-bond acceptors (Lipinski definition) is 5. The van der Waals surface area contributed by atoms with Gasteiger partial charge in [0.05, 0.1) is 30.6 Å². The molecule has 26 heavy (non-hydrogen) atoms. The molecule has 2 aromatic rings. The van der Waals surface area contributed by atoms with E-state index < -0.39 is 9.84 Å². The molecule has 1 aliphatic heterocycles. The molecule has 0 saturated heterocycles. The first-order valence-electron chi connectivity index (χ1n) is 7.99. The second-order valence-corrected chi connectivity index (χ2v) is 7.80. The molecule has 0 aromatic heterocycles. The number of nitrogens with zero attached hydrogens (tertiary/aromatic N) is 1. The number of carbonyl (C=O) groups excluding carboxylic acids is 1. The molecule has 0 N–H and O–H groups in total. The van der Waals surface area contributed by atoms with Gasteiger partial charge in [0.2, 0.25) is 0 Å². The maximum absolute atomic E-state index is 12.7. The summed E-state index contributed by atoms with van der Waals surface area (Å²) in [5, 5.41) is 0. The number of amides is 1. The van der Waals surface area contributed by atoms with Gasteiger partial charge in [0.15, 0.2) is 9.84 Å². The Morgan fingerprint density at radius 2 is 1.88 bits per heavy atom. The lowest BCUT2D eigenvalue weighted by atomic mass is 10.1. The maximum atomic E-state index is 12.7. The summed E-state index contributed by atoms with van der Waals surface area (Å²) in [7, 11) is -0.240. The van der Waals surface area contributed by atoms with Crippen molar-refractivity contribution < 1.29 is 22.7 Å². The van der Waals surface area contributed by atoms with E-state index in [9.17, 15) is 13.2 Å². The quantitative estimate of drug-likeness (QED) is 0.770. The number of anilines is 1. The number of sulfone groups is 1. The molecular formula is C19H19NO5S. The third-order valence-electron chi connectivity index (χ3n) is 4.18. The lowest BCUT2D eigenvalue weighted by Gasteiger charge is -2.28. The SMILES string of the molecule is COc1ccc(OC)c(/C=C/C(=O)N2CCS(=O)(=O)c3ccccc32)c1. The van der Waals surface area contributed by atoms with Gasteiger partial charge in [0.25, 0.3) is 5.91 Å². The number of ether oxygens (including phenoxy) is 2. The third-order valence-corrected chi connectivity index (χ3v) is 5.92. The van der Waals surface area contributed by atoms with E-state index in [1.165, 1.54) is 17.0 Å². The number of hydrogen-bond donors (Lipinski definition) is 0. The summed E-state index contributed by atoms with van der Waals surface area (Å²) in [6, 6.07) is 11.8. The van der Waals surface area contributed by atoms with Crippen molar-refractivity contribution in [1.82, 2.24) is 0 Å². The van der Waals surface area contributed by atoms with Crippen molar-refractivity contribution in [2.45, 2.75) is 4.90 Å². The van der Waals surface area contributed by atoms with Gasteiger partial charge < -0.3 is 14.4 Å². The van der Waals surface area contributed by atoms with Crippen LogP contribution in [0.15, 0.2) is 53.4 Å². The Balaban J connectivity index is 1.91. The molecule has 0 atom stereocenters. The van der Waals surface area contributed by atoms with E-state index >= 15 is 0 Å². The molecule has 136 valence electrons. The minimum atomic E-state index is -3.35. The van der Waals surface area contributed by atoms with Crippen LogP contribution in [0.4, 0.5) is 5.69 Å². The summed E-state index contributed by atoms with van der Waals surface area (Å²) in [4.78, 5) is 14.3. The second kappa shape index (κ2) is 7.21. The van der Waals surface area contributed by atoms with Crippen molar-refractivity contribution in [3.8, 4) is 11.5 Å². The summed E-state index contributed by atoms with van der Waals surface area (Å²) in [5.74, 6) is 0.868. The van der Waals surface area contributed by atoms with Crippen LogP contribution in [0.1, 0.15) is 5.56 Å². The van der Waals surface area contributed by atoms with Crippen molar-refractivity contribution in [3.63, 3.8) is 0 Å². The van der Waals surface area contributed by atoms with Crippen LogP contribution in [0.2, 0.25) is 0 Å². The Labute approximate surface area is 152 Å². The minimum Gasteiger partial charge on any atom is -0.497 e. The number of fused-ring (bicyclic) bond motifs is 1. The molecular weight excluding hydrogens is 354 g/mol. The van der Waals surface area contributed by atoms with Crippen molar-refractivity contribution in [2.75, 3.05) is 31.4 Å². The number of methoxy groups -OCH3 is 2. The first-order chi connectivity index (χ1) is 12.5. The fraction of sp³-hybridized carbons (Fsp3) is 0.211. The molecule has 0 saturated carbocycles. The van der Waals surface area contributed by atoms with Crippen LogP contribution in [0.3, 0.4) is 0 Å². The van der Waals surface area contributed by atoms with E-state index in [4.69, 9.17) is 9.47 Å². The third kappa shape index (κ3) is 3.43. The van der Waals surface area contributed by atoms with Gasteiger partial charge in [-0.25, -0.2) is 8.42 Å². The van der Waals surface area contributed by atoms with Gasteiger partial charge in [0.1, 0.15) is 11.5 Å². The highest BCUT2D eigenvalue weighted by atomic mass is 32.2. The van der Waals surface area contributed by atoms with E-state index in [0.717, 1.165) is 0 Å². The zero-order chi connectivity index (χ0) is 18.7. The van der Waals surface area contributed by atoms with E-state index in [0.29, 0.717) is 22.7 Å². The van der Waals surface area contributed by atoms with Crippen molar-refractivity contribution in [1.29, 1.82) is 0 Å². The second-order valence-electron chi connectivity index (χ2n) is 5.72. The first-order valence-corrected chi connectivity index (χ1v) is 9.65. The monoisotopic (exact) mass is 373 g/mol. The van der Waals surface area contributed by atoms with Gasteiger partial charge in [-0.15, -0.1) is 0 Å². The van der Waals surface area contributed by atoms with Crippen molar-refractivity contribution in [3.05, 3.63) is 54.1 Å². The summed E-state index contributed by atoms with van der Waals surface area (Å²) in [5.41, 5.74) is 1.10. The van der Waals surface area contributed by atoms with E-state index in [-0.39, 0.29) is 23.1 Å². The number of rotatable bonds is 4. The Kier molecular flexibility index (Phi) is 4.99. The molecule has 0 fully saturated rings. The number of carbonyl (C=O) groups is 1. The highest BCUT2D eigenvalue weighted by Gasteiger charge is 2.30. The fourth-order valence-corrected chi connectivity index (χ4v) is 4.26. The van der Waals surface area contributed by atoms with Crippen LogP contribution in [-0.2, 0) is 14.6 Å². The standard InChI is InChI=1S/C19H19NO5S/c1-24-15-8-9-17(25-2)14(13-15)7-10-19(21)20-11-12-26(22,23)18-6-4-3-5-16(18)20/h3-10,13H,11-12H2,1-2H3/b10-7+. The molecule has 1 heterocycles. The Morgan fingerprint density at radius 1 is 1.12 bits per heavy atom. The molecule has 1 amide bonds. The predicted octanol–water partition coefficient (Wildman–Crippen LogP) is 2.54. The Hall–Kier alpha value is -2.80. The van der Waals surface area contributed by atoms with Crippen LogP contribution < -0.4 is 14.4 Å². The van der Waals surface area contributed by atoms with Crippen molar-refractivity contribution >= 4 is 27.5 Å². The summed E-state index contributed by atoms with van der Waals surface area (Å²) in [6.07, 6.45) is 3.04. The number of para-hydroxylation sites is 1. The predicted molar refractivity (Wildman–Crippen MR) is 99.4 cm³/mol. The molecule has 2 aromatic carbocycles. The molecule has 3 rings (SSSR count). The molecule has 0 spiro atoms.